The number of aryl methyl sites for hydroxylation is 1. The number of benzene rings is 2. The molecule has 0 fully saturated rings. The molecule has 0 aliphatic carbocycles. The molecule has 5 heteroatoms. The third-order valence-electron chi connectivity index (χ3n) is 2.68. The maximum atomic E-state index is 13.0. The molecule has 20 heavy (non-hydrogen) atoms. The van der Waals surface area contributed by atoms with Gasteiger partial charge in [-0.2, -0.15) is 0 Å². The highest BCUT2D eigenvalue weighted by atomic mass is 35.5. The molecule has 0 radical (unpaired) electrons. The van der Waals surface area contributed by atoms with Gasteiger partial charge >= 0.3 is 0 Å². The van der Waals surface area contributed by atoms with Crippen LogP contribution in [0, 0.1) is 12.7 Å². The predicted octanol–water partition coefficient (Wildman–Crippen LogP) is 4.52. The molecule has 0 aliphatic rings. The second kappa shape index (κ2) is 6.77. The van der Waals surface area contributed by atoms with Gasteiger partial charge in [0, 0.05) is 10.6 Å². The lowest BCUT2D eigenvalue weighted by Gasteiger charge is -2.08. The molecule has 2 nitrogen and oxygen atoms in total. The molecule has 0 bridgehead atoms. The number of carbonyl (C=O) groups excluding carboxylic acids is 1. The van der Waals surface area contributed by atoms with Gasteiger partial charge in [-0.15, -0.1) is 11.8 Å². The SMILES string of the molecule is Cc1ccccc1NC(=O)CSc1ccc(F)c(Cl)c1. The third kappa shape index (κ3) is 3.99. The molecule has 0 atom stereocenters. The van der Waals surface area contributed by atoms with Crippen LogP contribution in [-0.2, 0) is 4.79 Å². The number of thioether (sulfide) groups is 1. The largest absolute Gasteiger partial charge is 0.325 e. The fraction of sp³-hybridized carbons (Fsp3) is 0.133. The predicted molar refractivity (Wildman–Crippen MR) is 81.9 cm³/mol. The number of rotatable bonds is 4. The summed E-state index contributed by atoms with van der Waals surface area (Å²) in [6.45, 7) is 1.93. The molecule has 2 aromatic rings. The lowest BCUT2D eigenvalue weighted by molar-refractivity contribution is -0.113. The zero-order valence-corrected chi connectivity index (χ0v) is 12.4. The van der Waals surface area contributed by atoms with E-state index in [-0.39, 0.29) is 16.7 Å². The highest BCUT2D eigenvalue weighted by Crippen LogP contribution is 2.24. The van der Waals surface area contributed by atoms with E-state index < -0.39 is 5.82 Å². The van der Waals surface area contributed by atoms with E-state index in [2.05, 4.69) is 5.32 Å². The van der Waals surface area contributed by atoms with Crippen molar-refractivity contribution in [1.82, 2.24) is 0 Å². The van der Waals surface area contributed by atoms with Crippen molar-refractivity contribution in [3.05, 3.63) is 58.9 Å². The number of anilines is 1. The van der Waals surface area contributed by atoms with Gasteiger partial charge in [0.25, 0.3) is 0 Å². The quantitative estimate of drug-likeness (QED) is 0.841. The van der Waals surface area contributed by atoms with E-state index >= 15 is 0 Å². The highest BCUT2D eigenvalue weighted by molar-refractivity contribution is 8.00. The molecular weight excluding hydrogens is 297 g/mol. The fourth-order valence-corrected chi connectivity index (χ4v) is 2.60. The Labute approximate surface area is 126 Å². The number of hydrogen-bond acceptors (Lipinski definition) is 2. The first-order valence-electron chi connectivity index (χ1n) is 5.99. The van der Waals surface area contributed by atoms with Crippen molar-refractivity contribution in [1.29, 1.82) is 0 Å². The molecule has 1 N–H and O–H groups in total. The van der Waals surface area contributed by atoms with Gasteiger partial charge in [-0.25, -0.2) is 4.39 Å². The molecule has 0 spiro atoms. The summed E-state index contributed by atoms with van der Waals surface area (Å²) < 4.78 is 13.0. The Bertz CT molecular complexity index is 633. The van der Waals surface area contributed by atoms with Crippen LogP contribution in [-0.4, -0.2) is 11.7 Å². The zero-order chi connectivity index (χ0) is 14.5. The van der Waals surface area contributed by atoms with Crippen LogP contribution >= 0.6 is 23.4 Å². The van der Waals surface area contributed by atoms with Crippen molar-refractivity contribution in [2.24, 2.45) is 0 Å². The van der Waals surface area contributed by atoms with Crippen molar-refractivity contribution < 1.29 is 9.18 Å². The van der Waals surface area contributed by atoms with Gasteiger partial charge in [0.2, 0.25) is 5.91 Å². The minimum atomic E-state index is -0.458. The summed E-state index contributed by atoms with van der Waals surface area (Å²) in [5.41, 5.74) is 1.81. The van der Waals surface area contributed by atoms with E-state index in [1.54, 1.807) is 6.07 Å². The topological polar surface area (TPSA) is 29.1 Å². The second-order valence-electron chi connectivity index (χ2n) is 4.23. The van der Waals surface area contributed by atoms with E-state index in [1.807, 2.05) is 31.2 Å². The number of amides is 1. The summed E-state index contributed by atoms with van der Waals surface area (Å²) in [5, 5.41) is 2.90. The normalized spacial score (nSPS) is 10.3. The van der Waals surface area contributed by atoms with Crippen LogP contribution in [0.2, 0.25) is 5.02 Å². The summed E-state index contributed by atoms with van der Waals surface area (Å²) >= 11 is 7.00. The molecule has 0 aliphatic heterocycles. The fourth-order valence-electron chi connectivity index (χ4n) is 1.61. The van der Waals surface area contributed by atoms with Crippen LogP contribution in [0.5, 0.6) is 0 Å². The number of carbonyl (C=O) groups is 1. The lowest BCUT2D eigenvalue weighted by atomic mass is 10.2. The average Bonchev–Trinajstić information content (AvgIpc) is 2.43. The molecule has 1 amide bonds. The smallest absolute Gasteiger partial charge is 0.234 e. The maximum Gasteiger partial charge on any atom is 0.234 e. The molecule has 0 unspecified atom stereocenters. The summed E-state index contributed by atoms with van der Waals surface area (Å²) in [6.07, 6.45) is 0. The van der Waals surface area contributed by atoms with Gasteiger partial charge in [-0.05, 0) is 36.8 Å². The Balaban J connectivity index is 1.92. The van der Waals surface area contributed by atoms with Crippen molar-refractivity contribution in [2.45, 2.75) is 11.8 Å². The van der Waals surface area contributed by atoms with Crippen LogP contribution in [0.1, 0.15) is 5.56 Å². The van der Waals surface area contributed by atoms with E-state index in [0.29, 0.717) is 0 Å². The van der Waals surface area contributed by atoms with Crippen molar-refractivity contribution >= 4 is 35.0 Å². The maximum absolute atomic E-state index is 13.0. The van der Waals surface area contributed by atoms with E-state index in [1.165, 1.54) is 23.9 Å². The van der Waals surface area contributed by atoms with Crippen LogP contribution in [0.4, 0.5) is 10.1 Å². The number of para-hydroxylation sites is 1. The number of nitrogens with one attached hydrogen (secondary N) is 1. The molecule has 0 heterocycles. The van der Waals surface area contributed by atoms with Gasteiger partial charge < -0.3 is 5.32 Å². The van der Waals surface area contributed by atoms with Gasteiger partial charge in [-0.1, -0.05) is 29.8 Å². The molecule has 0 saturated carbocycles. The summed E-state index contributed by atoms with van der Waals surface area (Å²) in [4.78, 5) is 12.6. The van der Waals surface area contributed by atoms with Crippen molar-refractivity contribution in [3.63, 3.8) is 0 Å². The molecule has 2 rings (SSSR count). The van der Waals surface area contributed by atoms with E-state index in [9.17, 15) is 9.18 Å². The van der Waals surface area contributed by atoms with Gasteiger partial charge in [0.05, 0.1) is 10.8 Å². The van der Waals surface area contributed by atoms with Crippen LogP contribution in [0.25, 0.3) is 0 Å². The average molecular weight is 310 g/mol. The first-order chi connectivity index (χ1) is 9.56. The molecule has 0 saturated heterocycles. The Hall–Kier alpha value is -1.52. The summed E-state index contributed by atoms with van der Waals surface area (Å²) in [5.74, 6) is -0.318. The number of hydrogen-bond donors (Lipinski definition) is 1. The lowest BCUT2D eigenvalue weighted by Crippen LogP contribution is -2.14. The monoisotopic (exact) mass is 309 g/mol. The van der Waals surface area contributed by atoms with Crippen LogP contribution in [0.15, 0.2) is 47.4 Å². The zero-order valence-electron chi connectivity index (χ0n) is 10.8. The van der Waals surface area contributed by atoms with Crippen molar-refractivity contribution in [3.8, 4) is 0 Å². The standard InChI is InChI=1S/C15H13ClFNOS/c1-10-4-2-3-5-14(10)18-15(19)9-20-11-6-7-13(17)12(16)8-11/h2-8H,9H2,1H3,(H,18,19). The van der Waals surface area contributed by atoms with E-state index in [0.717, 1.165) is 16.1 Å². The summed E-state index contributed by atoms with van der Waals surface area (Å²) in [7, 11) is 0. The first-order valence-corrected chi connectivity index (χ1v) is 7.36. The Morgan fingerprint density at radius 3 is 2.75 bits per heavy atom. The van der Waals surface area contributed by atoms with Gasteiger partial charge in [0.15, 0.2) is 0 Å². The number of halogens is 2. The second-order valence-corrected chi connectivity index (χ2v) is 5.68. The molecule has 0 aromatic heterocycles. The first kappa shape index (κ1) is 14.9. The highest BCUT2D eigenvalue weighted by Gasteiger charge is 2.07. The molecule has 104 valence electrons. The van der Waals surface area contributed by atoms with Gasteiger partial charge in [-0.3, -0.25) is 4.79 Å². The Morgan fingerprint density at radius 2 is 2.05 bits per heavy atom. The minimum absolute atomic E-state index is 0.0642. The van der Waals surface area contributed by atoms with Crippen LogP contribution in [0.3, 0.4) is 0 Å². The Morgan fingerprint density at radius 1 is 1.30 bits per heavy atom. The molecule has 2 aromatic carbocycles. The van der Waals surface area contributed by atoms with Gasteiger partial charge in [0.1, 0.15) is 5.82 Å². The minimum Gasteiger partial charge on any atom is -0.325 e. The van der Waals surface area contributed by atoms with E-state index in [4.69, 9.17) is 11.6 Å². The summed E-state index contributed by atoms with van der Waals surface area (Å²) in [6, 6.07) is 12.0. The Kier molecular flexibility index (Phi) is 5.04. The van der Waals surface area contributed by atoms with Crippen LogP contribution < -0.4 is 5.32 Å². The third-order valence-corrected chi connectivity index (χ3v) is 3.96. The van der Waals surface area contributed by atoms with Crippen molar-refractivity contribution in [2.75, 3.05) is 11.1 Å². The molecular formula is C15H13ClFNOS.